The van der Waals surface area contributed by atoms with Crippen molar-refractivity contribution in [1.82, 2.24) is 15.0 Å². The number of rotatable bonds is 5. The largest absolute Gasteiger partial charge is 0.366 e. The second-order valence-electron chi connectivity index (χ2n) is 6.39. The molecule has 26 heavy (non-hydrogen) atoms. The highest BCUT2D eigenvalue weighted by molar-refractivity contribution is 5.79. The summed E-state index contributed by atoms with van der Waals surface area (Å²) in [5.41, 5.74) is 4.75. The van der Waals surface area contributed by atoms with Crippen LogP contribution in [0.2, 0.25) is 0 Å². The predicted octanol–water partition coefficient (Wildman–Crippen LogP) is 4.61. The Morgan fingerprint density at radius 2 is 2.00 bits per heavy atom. The molecule has 0 amide bonds. The summed E-state index contributed by atoms with van der Waals surface area (Å²) in [5, 5.41) is 4.30. The standard InChI is InChI=1S/C21H19FN4/c1-14-4-6-16(19(22)9-14)12-25-20-7-5-15(11-24-20)10-17-13-26-21-18(17)3-2-8-23-21/h2-9,11,13H,10,12H2,1H3,(H,23,26)(H,24,25). The van der Waals surface area contributed by atoms with Gasteiger partial charge in [0.15, 0.2) is 0 Å². The van der Waals surface area contributed by atoms with Crippen molar-refractivity contribution in [3.8, 4) is 0 Å². The van der Waals surface area contributed by atoms with Crippen LogP contribution in [0.4, 0.5) is 10.2 Å². The fourth-order valence-corrected chi connectivity index (χ4v) is 2.99. The predicted molar refractivity (Wildman–Crippen MR) is 102 cm³/mol. The number of aromatic amines is 1. The van der Waals surface area contributed by atoms with E-state index in [0.29, 0.717) is 12.1 Å². The van der Waals surface area contributed by atoms with Crippen molar-refractivity contribution in [1.29, 1.82) is 0 Å². The molecule has 0 radical (unpaired) electrons. The van der Waals surface area contributed by atoms with E-state index < -0.39 is 0 Å². The molecule has 4 aromatic rings. The van der Waals surface area contributed by atoms with Gasteiger partial charge in [0.2, 0.25) is 0 Å². The summed E-state index contributed by atoms with van der Waals surface area (Å²) in [6.45, 7) is 2.29. The lowest BCUT2D eigenvalue weighted by Crippen LogP contribution is -2.03. The molecule has 3 heterocycles. The Hall–Kier alpha value is -3.21. The van der Waals surface area contributed by atoms with Crippen LogP contribution in [0.5, 0.6) is 0 Å². The lowest BCUT2D eigenvalue weighted by Gasteiger charge is -2.08. The SMILES string of the molecule is Cc1ccc(CNc2ccc(Cc3c[nH]c4ncccc34)cn2)c(F)c1. The van der Waals surface area contributed by atoms with Crippen molar-refractivity contribution in [3.63, 3.8) is 0 Å². The number of fused-ring (bicyclic) bond motifs is 1. The fraction of sp³-hybridized carbons (Fsp3) is 0.143. The Labute approximate surface area is 151 Å². The minimum absolute atomic E-state index is 0.193. The first-order valence-corrected chi connectivity index (χ1v) is 8.54. The Morgan fingerprint density at radius 3 is 2.81 bits per heavy atom. The fourth-order valence-electron chi connectivity index (χ4n) is 2.99. The number of nitrogens with zero attached hydrogens (tertiary/aromatic N) is 2. The number of halogens is 1. The van der Waals surface area contributed by atoms with Gasteiger partial charge < -0.3 is 10.3 Å². The zero-order chi connectivity index (χ0) is 17.9. The summed E-state index contributed by atoms with van der Waals surface area (Å²) in [4.78, 5) is 11.9. The van der Waals surface area contributed by atoms with Gasteiger partial charge in [-0.05, 0) is 47.9 Å². The molecule has 0 saturated carbocycles. The lowest BCUT2D eigenvalue weighted by atomic mass is 10.1. The summed E-state index contributed by atoms with van der Waals surface area (Å²) in [7, 11) is 0. The molecule has 0 unspecified atom stereocenters. The average Bonchev–Trinajstić information content (AvgIpc) is 3.05. The molecule has 2 N–H and O–H groups in total. The number of pyridine rings is 2. The zero-order valence-electron chi connectivity index (χ0n) is 14.5. The van der Waals surface area contributed by atoms with Crippen LogP contribution in [0.15, 0.2) is 61.1 Å². The van der Waals surface area contributed by atoms with Gasteiger partial charge in [0, 0.05) is 42.5 Å². The van der Waals surface area contributed by atoms with Crippen molar-refractivity contribution < 1.29 is 4.39 Å². The van der Waals surface area contributed by atoms with Crippen LogP contribution < -0.4 is 5.32 Å². The monoisotopic (exact) mass is 346 g/mol. The molecule has 5 heteroatoms. The van der Waals surface area contributed by atoms with Crippen molar-refractivity contribution >= 4 is 16.9 Å². The number of nitrogens with one attached hydrogen (secondary N) is 2. The van der Waals surface area contributed by atoms with E-state index >= 15 is 0 Å². The van der Waals surface area contributed by atoms with Crippen molar-refractivity contribution in [3.05, 3.63) is 89.1 Å². The molecule has 0 aliphatic rings. The van der Waals surface area contributed by atoms with Gasteiger partial charge in [0.05, 0.1) is 0 Å². The topological polar surface area (TPSA) is 53.6 Å². The molecular formula is C21H19FN4. The normalized spacial score (nSPS) is 11.0. The van der Waals surface area contributed by atoms with Gasteiger partial charge in [0.1, 0.15) is 17.3 Å². The lowest BCUT2D eigenvalue weighted by molar-refractivity contribution is 0.611. The van der Waals surface area contributed by atoms with E-state index in [2.05, 4.69) is 26.3 Å². The quantitative estimate of drug-likeness (QED) is 0.555. The van der Waals surface area contributed by atoms with E-state index in [4.69, 9.17) is 0 Å². The summed E-state index contributed by atoms with van der Waals surface area (Å²) < 4.78 is 13.9. The zero-order valence-corrected chi connectivity index (χ0v) is 14.5. The van der Waals surface area contributed by atoms with E-state index in [9.17, 15) is 4.39 Å². The Morgan fingerprint density at radius 1 is 1.08 bits per heavy atom. The number of H-pyrrole nitrogens is 1. The van der Waals surface area contributed by atoms with Gasteiger partial charge in [-0.1, -0.05) is 18.2 Å². The highest BCUT2D eigenvalue weighted by Gasteiger charge is 2.06. The molecule has 1 aromatic carbocycles. The molecular weight excluding hydrogens is 327 g/mol. The van der Waals surface area contributed by atoms with Gasteiger partial charge >= 0.3 is 0 Å². The minimum Gasteiger partial charge on any atom is -0.366 e. The summed E-state index contributed by atoms with van der Waals surface area (Å²) >= 11 is 0. The number of aryl methyl sites for hydroxylation is 1. The van der Waals surface area contributed by atoms with Crippen LogP contribution in [0.3, 0.4) is 0 Å². The van der Waals surface area contributed by atoms with Gasteiger partial charge in [0.25, 0.3) is 0 Å². The molecule has 0 atom stereocenters. The van der Waals surface area contributed by atoms with Crippen LogP contribution in [0.1, 0.15) is 22.3 Å². The Bertz CT molecular complexity index is 1040. The van der Waals surface area contributed by atoms with Crippen molar-refractivity contribution in [2.75, 3.05) is 5.32 Å². The van der Waals surface area contributed by atoms with Crippen LogP contribution >= 0.6 is 0 Å². The first kappa shape index (κ1) is 16.3. The van der Waals surface area contributed by atoms with Crippen LogP contribution in [-0.2, 0) is 13.0 Å². The number of aromatic nitrogens is 3. The van der Waals surface area contributed by atoms with Crippen molar-refractivity contribution in [2.24, 2.45) is 0 Å². The van der Waals surface area contributed by atoms with E-state index in [1.54, 1.807) is 18.3 Å². The Kier molecular flexibility index (Phi) is 4.35. The van der Waals surface area contributed by atoms with E-state index in [-0.39, 0.29) is 5.82 Å². The molecule has 4 rings (SSSR count). The highest BCUT2D eigenvalue weighted by Crippen LogP contribution is 2.19. The number of anilines is 1. The van der Waals surface area contributed by atoms with Gasteiger partial charge in [-0.3, -0.25) is 0 Å². The van der Waals surface area contributed by atoms with E-state index in [0.717, 1.165) is 34.4 Å². The van der Waals surface area contributed by atoms with E-state index in [1.165, 1.54) is 5.56 Å². The molecule has 4 nitrogen and oxygen atoms in total. The number of benzene rings is 1. The average molecular weight is 346 g/mol. The maximum atomic E-state index is 13.9. The van der Waals surface area contributed by atoms with E-state index in [1.807, 2.05) is 43.6 Å². The van der Waals surface area contributed by atoms with Crippen molar-refractivity contribution in [2.45, 2.75) is 19.9 Å². The number of hydrogen-bond donors (Lipinski definition) is 2. The third-order valence-corrected chi connectivity index (χ3v) is 4.42. The molecule has 0 fully saturated rings. The van der Waals surface area contributed by atoms with Gasteiger partial charge in [-0.25, -0.2) is 14.4 Å². The molecule has 0 bridgehead atoms. The van der Waals surface area contributed by atoms with Gasteiger partial charge in [-0.2, -0.15) is 0 Å². The third-order valence-electron chi connectivity index (χ3n) is 4.42. The first-order chi connectivity index (χ1) is 12.7. The molecule has 3 aromatic heterocycles. The first-order valence-electron chi connectivity index (χ1n) is 8.54. The molecule has 0 aliphatic heterocycles. The second-order valence-corrected chi connectivity index (χ2v) is 6.39. The van der Waals surface area contributed by atoms with Crippen LogP contribution in [0.25, 0.3) is 11.0 Å². The number of hydrogen-bond acceptors (Lipinski definition) is 3. The van der Waals surface area contributed by atoms with Crippen LogP contribution in [-0.4, -0.2) is 15.0 Å². The van der Waals surface area contributed by atoms with Crippen LogP contribution in [0, 0.1) is 12.7 Å². The smallest absolute Gasteiger partial charge is 0.137 e. The highest BCUT2D eigenvalue weighted by atomic mass is 19.1. The minimum atomic E-state index is -0.193. The summed E-state index contributed by atoms with van der Waals surface area (Å²) in [6.07, 6.45) is 6.40. The Balaban J connectivity index is 1.43. The maximum absolute atomic E-state index is 13.9. The summed E-state index contributed by atoms with van der Waals surface area (Å²) in [5.74, 6) is 0.538. The van der Waals surface area contributed by atoms with Gasteiger partial charge in [-0.15, -0.1) is 0 Å². The summed E-state index contributed by atoms with van der Waals surface area (Å²) in [6, 6.07) is 13.2. The molecule has 0 saturated heterocycles. The second kappa shape index (κ2) is 6.96. The molecule has 0 spiro atoms. The molecule has 0 aliphatic carbocycles. The maximum Gasteiger partial charge on any atom is 0.137 e. The molecule has 130 valence electrons. The third kappa shape index (κ3) is 3.42.